The molecule has 7 heteroatoms. The second-order valence-corrected chi connectivity index (χ2v) is 8.16. The topological polar surface area (TPSA) is 72.7 Å². The third-order valence-corrected chi connectivity index (χ3v) is 6.12. The Morgan fingerprint density at radius 1 is 1.00 bits per heavy atom. The number of anilines is 1. The van der Waals surface area contributed by atoms with Gasteiger partial charge >= 0.3 is 0 Å². The van der Waals surface area contributed by atoms with Gasteiger partial charge in [0.05, 0.1) is 11.8 Å². The van der Waals surface area contributed by atoms with Crippen molar-refractivity contribution in [3.8, 4) is 11.4 Å². The highest BCUT2D eigenvalue weighted by Crippen LogP contribution is 2.29. The molecule has 0 radical (unpaired) electrons. The lowest BCUT2D eigenvalue weighted by atomic mass is 10.2. The van der Waals surface area contributed by atoms with E-state index in [4.69, 9.17) is 0 Å². The number of para-hydroxylation sites is 1. The molecule has 2 heterocycles. The van der Waals surface area contributed by atoms with E-state index in [-0.39, 0.29) is 11.2 Å². The van der Waals surface area contributed by atoms with Crippen LogP contribution in [0.25, 0.3) is 11.4 Å². The van der Waals surface area contributed by atoms with Crippen LogP contribution in [0.3, 0.4) is 0 Å². The van der Waals surface area contributed by atoms with Crippen LogP contribution in [0.5, 0.6) is 0 Å². The van der Waals surface area contributed by atoms with E-state index in [1.807, 2.05) is 67.6 Å². The molecule has 2 aromatic heterocycles. The lowest BCUT2D eigenvalue weighted by Gasteiger charge is -2.16. The first-order valence-corrected chi connectivity index (χ1v) is 11.0. The first-order valence-electron chi connectivity index (χ1n) is 10.1. The van der Waals surface area contributed by atoms with Crippen LogP contribution >= 0.6 is 11.8 Å². The number of thioether (sulfide) groups is 1. The van der Waals surface area contributed by atoms with E-state index in [1.54, 1.807) is 12.4 Å². The van der Waals surface area contributed by atoms with Gasteiger partial charge in [0, 0.05) is 23.6 Å². The Morgan fingerprint density at radius 3 is 2.42 bits per heavy atom. The fourth-order valence-corrected chi connectivity index (χ4v) is 4.14. The number of hydrogen-bond donors (Lipinski definition) is 1. The highest BCUT2D eigenvalue weighted by Gasteiger charge is 2.23. The van der Waals surface area contributed by atoms with Gasteiger partial charge in [-0.25, -0.2) is 0 Å². The number of rotatable bonds is 8. The molecule has 0 spiro atoms. The number of amides is 1. The first-order chi connectivity index (χ1) is 15.2. The Balaban J connectivity index is 1.62. The summed E-state index contributed by atoms with van der Waals surface area (Å²) in [5.74, 6) is 0.689. The minimum atomic E-state index is -0.291. The molecule has 0 bridgehead atoms. The molecule has 0 saturated heterocycles. The monoisotopic (exact) mass is 429 g/mol. The number of aromatic nitrogens is 4. The molecule has 0 fully saturated rings. The van der Waals surface area contributed by atoms with Crippen molar-refractivity contribution in [2.24, 2.45) is 0 Å². The zero-order valence-corrected chi connectivity index (χ0v) is 18.0. The standard InChI is InChI=1S/C24H23N5OS/c1-2-21(23(30)26-20-13-7-4-8-14-20)31-24-28-27-22(19-12-9-15-25-16-19)29(24)17-18-10-5-3-6-11-18/h3-16,21H,2,17H2,1H3,(H,26,30). The molecule has 6 nitrogen and oxygen atoms in total. The molecule has 0 saturated carbocycles. The molecule has 4 aromatic rings. The maximum Gasteiger partial charge on any atom is 0.237 e. The van der Waals surface area contributed by atoms with Gasteiger partial charge in [-0.15, -0.1) is 10.2 Å². The quantitative estimate of drug-likeness (QED) is 0.404. The molecular weight excluding hydrogens is 406 g/mol. The summed E-state index contributed by atoms with van der Waals surface area (Å²) in [6.07, 6.45) is 4.18. The van der Waals surface area contributed by atoms with E-state index in [0.717, 1.165) is 22.6 Å². The Kier molecular flexibility index (Phi) is 6.74. The maximum atomic E-state index is 12.9. The summed E-state index contributed by atoms with van der Waals surface area (Å²) in [6, 6.07) is 23.5. The van der Waals surface area contributed by atoms with Crippen LogP contribution in [0.2, 0.25) is 0 Å². The number of nitrogens with zero attached hydrogens (tertiary/aromatic N) is 4. The largest absolute Gasteiger partial charge is 0.325 e. The summed E-state index contributed by atoms with van der Waals surface area (Å²) >= 11 is 1.43. The average Bonchev–Trinajstić information content (AvgIpc) is 3.21. The Morgan fingerprint density at radius 2 is 1.74 bits per heavy atom. The van der Waals surface area contributed by atoms with Gasteiger partial charge in [0.15, 0.2) is 11.0 Å². The summed E-state index contributed by atoms with van der Waals surface area (Å²) in [5.41, 5.74) is 2.81. The molecule has 0 aliphatic carbocycles. The van der Waals surface area contributed by atoms with Crippen molar-refractivity contribution >= 4 is 23.4 Å². The minimum Gasteiger partial charge on any atom is -0.325 e. The molecule has 1 N–H and O–H groups in total. The van der Waals surface area contributed by atoms with Crippen LogP contribution in [-0.4, -0.2) is 30.9 Å². The summed E-state index contributed by atoms with van der Waals surface area (Å²) < 4.78 is 2.05. The molecule has 2 aromatic carbocycles. The van der Waals surface area contributed by atoms with Gasteiger partial charge in [-0.1, -0.05) is 67.2 Å². The fraction of sp³-hybridized carbons (Fsp3) is 0.167. The Labute approximate surface area is 185 Å². The van der Waals surface area contributed by atoms with Gasteiger partial charge in [0.2, 0.25) is 5.91 Å². The average molecular weight is 430 g/mol. The summed E-state index contributed by atoms with van der Waals surface area (Å²) in [4.78, 5) is 17.1. The van der Waals surface area contributed by atoms with Crippen LogP contribution in [-0.2, 0) is 11.3 Å². The van der Waals surface area contributed by atoms with Crippen molar-refractivity contribution in [3.05, 3.63) is 90.8 Å². The highest BCUT2D eigenvalue weighted by molar-refractivity contribution is 8.00. The normalized spacial score (nSPS) is 11.8. The van der Waals surface area contributed by atoms with E-state index in [2.05, 4.69) is 37.2 Å². The van der Waals surface area contributed by atoms with Crippen molar-refractivity contribution in [1.82, 2.24) is 19.7 Å². The zero-order chi connectivity index (χ0) is 21.5. The number of hydrogen-bond acceptors (Lipinski definition) is 5. The number of carbonyl (C=O) groups excluding carboxylic acids is 1. The molecule has 156 valence electrons. The molecule has 4 rings (SSSR count). The van der Waals surface area contributed by atoms with Crippen molar-refractivity contribution in [2.75, 3.05) is 5.32 Å². The smallest absolute Gasteiger partial charge is 0.237 e. The lowest BCUT2D eigenvalue weighted by Crippen LogP contribution is -2.25. The van der Waals surface area contributed by atoms with E-state index in [1.165, 1.54) is 11.8 Å². The molecule has 0 aliphatic rings. The van der Waals surface area contributed by atoms with Crippen LogP contribution in [0.4, 0.5) is 5.69 Å². The molecule has 1 unspecified atom stereocenters. The van der Waals surface area contributed by atoms with E-state index < -0.39 is 0 Å². The minimum absolute atomic E-state index is 0.0455. The SMILES string of the molecule is CCC(Sc1nnc(-c2cccnc2)n1Cc1ccccc1)C(=O)Nc1ccccc1. The van der Waals surface area contributed by atoms with Crippen molar-refractivity contribution in [1.29, 1.82) is 0 Å². The molecule has 1 amide bonds. The van der Waals surface area contributed by atoms with Gasteiger partial charge in [-0.3, -0.25) is 14.3 Å². The Bertz CT molecular complexity index is 1120. The molecule has 1 atom stereocenters. The van der Waals surface area contributed by atoms with Gasteiger partial charge in [-0.05, 0) is 36.2 Å². The van der Waals surface area contributed by atoms with Crippen LogP contribution < -0.4 is 5.32 Å². The summed E-state index contributed by atoms with van der Waals surface area (Å²) in [5, 5.41) is 12.3. The van der Waals surface area contributed by atoms with Crippen LogP contribution in [0, 0.1) is 0 Å². The number of pyridine rings is 1. The predicted octanol–water partition coefficient (Wildman–Crippen LogP) is 4.90. The third-order valence-electron chi connectivity index (χ3n) is 4.77. The maximum absolute atomic E-state index is 12.9. The molecular formula is C24H23N5OS. The van der Waals surface area contributed by atoms with Gasteiger partial charge < -0.3 is 5.32 Å². The van der Waals surface area contributed by atoms with E-state index in [0.29, 0.717) is 18.1 Å². The van der Waals surface area contributed by atoms with Gasteiger partial charge in [0.1, 0.15) is 0 Å². The van der Waals surface area contributed by atoms with Gasteiger partial charge in [0.25, 0.3) is 0 Å². The van der Waals surface area contributed by atoms with Crippen molar-refractivity contribution in [2.45, 2.75) is 30.3 Å². The van der Waals surface area contributed by atoms with E-state index in [9.17, 15) is 4.79 Å². The Hall–Kier alpha value is -3.45. The van der Waals surface area contributed by atoms with Crippen LogP contribution in [0.1, 0.15) is 18.9 Å². The van der Waals surface area contributed by atoms with E-state index >= 15 is 0 Å². The first kappa shape index (κ1) is 20.8. The summed E-state index contributed by atoms with van der Waals surface area (Å²) in [6.45, 7) is 2.61. The number of benzene rings is 2. The van der Waals surface area contributed by atoms with Crippen LogP contribution in [0.15, 0.2) is 90.3 Å². The molecule has 0 aliphatic heterocycles. The zero-order valence-electron chi connectivity index (χ0n) is 17.2. The second kappa shape index (κ2) is 10.0. The summed E-state index contributed by atoms with van der Waals surface area (Å²) in [7, 11) is 0. The fourth-order valence-electron chi connectivity index (χ4n) is 3.19. The predicted molar refractivity (Wildman–Crippen MR) is 124 cm³/mol. The van der Waals surface area contributed by atoms with Gasteiger partial charge in [-0.2, -0.15) is 0 Å². The number of carbonyl (C=O) groups is 1. The molecule has 31 heavy (non-hydrogen) atoms. The second-order valence-electron chi connectivity index (χ2n) is 6.99. The van der Waals surface area contributed by atoms with Crippen molar-refractivity contribution in [3.63, 3.8) is 0 Å². The lowest BCUT2D eigenvalue weighted by molar-refractivity contribution is -0.115. The van der Waals surface area contributed by atoms with Crippen molar-refractivity contribution < 1.29 is 4.79 Å². The highest BCUT2D eigenvalue weighted by atomic mass is 32.2. The number of nitrogens with one attached hydrogen (secondary N) is 1. The third kappa shape index (κ3) is 5.19.